The van der Waals surface area contributed by atoms with Crippen LogP contribution in [-0.2, 0) is 16.0 Å². The van der Waals surface area contributed by atoms with E-state index in [0.717, 1.165) is 37.2 Å². The van der Waals surface area contributed by atoms with Crippen LogP contribution in [0.15, 0.2) is 24.3 Å². The van der Waals surface area contributed by atoms with Crippen LogP contribution >= 0.6 is 0 Å². The van der Waals surface area contributed by atoms with Crippen molar-refractivity contribution in [3.8, 4) is 5.75 Å². The van der Waals surface area contributed by atoms with Crippen LogP contribution in [0.3, 0.4) is 0 Å². The number of nitrogens with two attached hydrogens (primary N) is 1. The summed E-state index contributed by atoms with van der Waals surface area (Å²) in [6.07, 6.45) is 5.11. The zero-order chi connectivity index (χ0) is 15.6. The Bertz CT molecular complexity index is 442. The molecule has 1 aromatic rings. The quantitative estimate of drug-likeness (QED) is 0.766. The molecule has 0 aromatic heterocycles. The zero-order valence-corrected chi connectivity index (χ0v) is 13.1. The minimum absolute atomic E-state index is 0.0476. The van der Waals surface area contributed by atoms with Crippen molar-refractivity contribution in [2.24, 2.45) is 5.73 Å². The molecule has 0 unspecified atom stereocenters. The molecule has 22 heavy (non-hydrogen) atoms. The van der Waals surface area contributed by atoms with Crippen LogP contribution in [0.5, 0.6) is 5.75 Å². The Morgan fingerprint density at radius 3 is 2.82 bits per heavy atom. The van der Waals surface area contributed by atoms with E-state index in [1.165, 1.54) is 6.42 Å². The van der Waals surface area contributed by atoms with Crippen LogP contribution in [0.2, 0.25) is 0 Å². The highest BCUT2D eigenvalue weighted by molar-refractivity contribution is 5.78. The lowest BCUT2D eigenvalue weighted by Gasteiger charge is -2.22. The van der Waals surface area contributed by atoms with Gasteiger partial charge in [-0.15, -0.1) is 0 Å². The van der Waals surface area contributed by atoms with Crippen LogP contribution in [0.25, 0.3) is 0 Å². The number of hydrogen-bond acceptors (Lipinski definition) is 4. The Morgan fingerprint density at radius 2 is 2.14 bits per heavy atom. The van der Waals surface area contributed by atoms with Gasteiger partial charge in [-0.1, -0.05) is 12.1 Å². The fourth-order valence-corrected chi connectivity index (χ4v) is 2.54. The molecule has 1 atom stereocenters. The smallest absolute Gasteiger partial charge is 0.224 e. The molecule has 1 aromatic carbocycles. The summed E-state index contributed by atoms with van der Waals surface area (Å²) in [5.41, 5.74) is 6.36. The van der Waals surface area contributed by atoms with Crippen molar-refractivity contribution in [1.82, 2.24) is 5.32 Å². The van der Waals surface area contributed by atoms with E-state index in [-0.39, 0.29) is 5.91 Å². The number of hydrogen-bond donors (Lipinski definition) is 2. The number of nitrogens with one attached hydrogen (secondary N) is 1. The third-order valence-electron chi connectivity index (χ3n) is 3.74. The fourth-order valence-electron chi connectivity index (χ4n) is 2.54. The van der Waals surface area contributed by atoms with E-state index in [0.29, 0.717) is 32.2 Å². The molecule has 1 fully saturated rings. The van der Waals surface area contributed by atoms with Gasteiger partial charge in [0.15, 0.2) is 0 Å². The molecule has 2 rings (SSSR count). The summed E-state index contributed by atoms with van der Waals surface area (Å²) in [6.45, 7) is 2.54. The SMILES string of the molecule is NCCOc1ccc(CC(=O)NCC[C@@H]2CCCCO2)cc1. The van der Waals surface area contributed by atoms with Crippen LogP contribution in [0, 0.1) is 0 Å². The average molecular weight is 306 g/mol. The molecule has 0 bridgehead atoms. The lowest BCUT2D eigenvalue weighted by molar-refractivity contribution is -0.120. The van der Waals surface area contributed by atoms with Gasteiger partial charge in [0.1, 0.15) is 12.4 Å². The molecule has 0 aliphatic carbocycles. The number of amides is 1. The van der Waals surface area contributed by atoms with Crippen molar-refractivity contribution in [2.45, 2.75) is 38.2 Å². The Morgan fingerprint density at radius 1 is 1.32 bits per heavy atom. The van der Waals surface area contributed by atoms with E-state index in [1.54, 1.807) is 0 Å². The molecule has 1 amide bonds. The van der Waals surface area contributed by atoms with Gasteiger partial charge in [-0.05, 0) is 43.4 Å². The third kappa shape index (κ3) is 6.03. The normalized spacial score (nSPS) is 18.0. The summed E-state index contributed by atoms with van der Waals surface area (Å²) in [5, 5.41) is 2.96. The molecule has 1 saturated heterocycles. The monoisotopic (exact) mass is 306 g/mol. The summed E-state index contributed by atoms with van der Waals surface area (Å²) in [7, 11) is 0. The standard InChI is InChI=1S/C17H26N2O3/c18-9-12-22-16-6-4-14(5-7-16)13-17(20)19-10-8-15-3-1-2-11-21-15/h4-7,15H,1-3,8-13,18H2,(H,19,20)/t15-/m0/s1. The van der Waals surface area contributed by atoms with E-state index >= 15 is 0 Å². The second-order valence-corrected chi connectivity index (χ2v) is 5.59. The number of rotatable bonds is 8. The van der Waals surface area contributed by atoms with Crippen molar-refractivity contribution in [2.75, 3.05) is 26.3 Å². The van der Waals surface area contributed by atoms with Gasteiger partial charge in [-0.25, -0.2) is 0 Å². The third-order valence-corrected chi connectivity index (χ3v) is 3.74. The summed E-state index contributed by atoms with van der Waals surface area (Å²) in [6, 6.07) is 7.56. The van der Waals surface area contributed by atoms with Gasteiger partial charge in [-0.3, -0.25) is 4.79 Å². The van der Waals surface area contributed by atoms with Gasteiger partial charge in [0.05, 0.1) is 12.5 Å². The number of carbonyl (C=O) groups is 1. The first kappa shape index (κ1) is 16.8. The van der Waals surface area contributed by atoms with E-state index < -0.39 is 0 Å². The van der Waals surface area contributed by atoms with E-state index in [2.05, 4.69) is 5.32 Å². The molecule has 3 N–H and O–H groups in total. The molecule has 122 valence electrons. The molecule has 0 radical (unpaired) electrons. The molecular weight excluding hydrogens is 280 g/mol. The maximum Gasteiger partial charge on any atom is 0.224 e. The summed E-state index contributed by atoms with van der Waals surface area (Å²) in [5.74, 6) is 0.829. The molecule has 1 heterocycles. The van der Waals surface area contributed by atoms with E-state index in [4.69, 9.17) is 15.2 Å². The minimum Gasteiger partial charge on any atom is -0.492 e. The lowest BCUT2D eigenvalue weighted by atomic mass is 10.1. The highest BCUT2D eigenvalue weighted by Crippen LogP contribution is 2.15. The highest BCUT2D eigenvalue weighted by atomic mass is 16.5. The molecule has 5 heteroatoms. The highest BCUT2D eigenvalue weighted by Gasteiger charge is 2.13. The largest absolute Gasteiger partial charge is 0.492 e. The van der Waals surface area contributed by atoms with Gasteiger partial charge in [0, 0.05) is 19.7 Å². The van der Waals surface area contributed by atoms with Gasteiger partial charge in [-0.2, -0.15) is 0 Å². The van der Waals surface area contributed by atoms with Crippen molar-refractivity contribution in [3.05, 3.63) is 29.8 Å². The zero-order valence-electron chi connectivity index (χ0n) is 13.1. The Hall–Kier alpha value is -1.59. The Balaban J connectivity index is 1.65. The summed E-state index contributed by atoms with van der Waals surface area (Å²) in [4.78, 5) is 11.9. The van der Waals surface area contributed by atoms with Gasteiger partial charge in [0.25, 0.3) is 0 Å². The number of ether oxygens (including phenoxy) is 2. The summed E-state index contributed by atoms with van der Waals surface area (Å²) >= 11 is 0. The lowest BCUT2D eigenvalue weighted by Crippen LogP contribution is -2.30. The Kier molecular flexibility index (Phi) is 7.19. The second-order valence-electron chi connectivity index (χ2n) is 5.59. The molecule has 0 saturated carbocycles. The summed E-state index contributed by atoms with van der Waals surface area (Å²) < 4.78 is 11.1. The van der Waals surface area contributed by atoms with E-state index in [9.17, 15) is 4.79 Å². The van der Waals surface area contributed by atoms with Crippen molar-refractivity contribution in [3.63, 3.8) is 0 Å². The molecule has 5 nitrogen and oxygen atoms in total. The minimum atomic E-state index is 0.0476. The van der Waals surface area contributed by atoms with Crippen molar-refractivity contribution in [1.29, 1.82) is 0 Å². The first-order valence-electron chi connectivity index (χ1n) is 8.08. The van der Waals surface area contributed by atoms with E-state index in [1.807, 2.05) is 24.3 Å². The van der Waals surface area contributed by atoms with Crippen molar-refractivity contribution >= 4 is 5.91 Å². The van der Waals surface area contributed by atoms with Crippen molar-refractivity contribution < 1.29 is 14.3 Å². The molecule has 1 aliphatic heterocycles. The maximum atomic E-state index is 11.9. The van der Waals surface area contributed by atoms with Gasteiger partial charge >= 0.3 is 0 Å². The van der Waals surface area contributed by atoms with Crippen LogP contribution in [-0.4, -0.2) is 38.3 Å². The number of benzene rings is 1. The maximum absolute atomic E-state index is 11.9. The second kappa shape index (κ2) is 9.43. The topological polar surface area (TPSA) is 73.6 Å². The van der Waals surface area contributed by atoms with Crippen LogP contribution in [0.1, 0.15) is 31.2 Å². The predicted octanol–water partition coefficient (Wildman–Crippen LogP) is 1.64. The van der Waals surface area contributed by atoms with Gasteiger partial charge < -0.3 is 20.5 Å². The Labute approximate surface area is 132 Å². The number of carbonyl (C=O) groups excluding carboxylic acids is 1. The average Bonchev–Trinajstić information content (AvgIpc) is 2.55. The molecular formula is C17H26N2O3. The predicted molar refractivity (Wildman–Crippen MR) is 85.9 cm³/mol. The fraction of sp³-hybridized carbons (Fsp3) is 0.588. The first-order chi connectivity index (χ1) is 10.8. The first-order valence-corrected chi connectivity index (χ1v) is 8.08. The van der Waals surface area contributed by atoms with Crippen LogP contribution in [0.4, 0.5) is 0 Å². The van der Waals surface area contributed by atoms with Crippen LogP contribution < -0.4 is 15.8 Å². The molecule has 1 aliphatic rings. The van der Waals surface area contributed by atoms with Gasteiger partial charge in [0.2, 0.25) is 5.91 Å². The molecule has 0 spiro atoms.